The van der Waals surface area contributed by atoms with Crippen LogP contribution >= 0.6 is 24.8 Å². The number of aromatic nitrogens is 3. The number of aliphatic hydroxyl groups is 2. The molecule has 1 fully saturated rings. The van der Waals surface area contributed by atoms with Gasteiger partial charge in [-0.25, -0.2) is 9.50 Å². The number of pyridine rings is 2. The minimum Gasteiger partial charge on any atom is -0.394 e. The molecular weight excluding hydrogens is 427 g/mol. The summed E-state index contributed by atoms with van der Waals surface area (Å²) in [6.07, 6.45) is 4.58. The standard InChI is InChI=1S/C20H22N6O2.2ClH/c21-9-16-11-24-26-12-14(7-17(28)13-27)8-18(20(16)26)15-1-2-19(23-10-15)25-5-3-22-4-6-25;;/h1-2,8,10-12,17,22,27-28H,3-7,13H2;2*1H/t17-;;/m1../s1. The molecule has 160 valence electrons. The lowest BCUT2D eigenvalue weighted by atomic mass is 10.0. The summed E-state index contributed by atoms with van der Waals surface area (Å²) in [5, 5.41) is 36.0. The number of halogens is 2. The van der Waals surface area contributed by atoms with Crippen LogP contribution in [0.15, 0.2) is 36.8 Å². The maximum absolute atomic E-state index is 9.82. The van der Waals surface area contributed by atoms with Gasteiger partial charge in [-0.3, -0.25) is 0 Å². The predicted molar refractivity (Wildman–Crippen MR) is 120 cm³/mol. The Labute approximate surface area is 187 Å². The third kappa shape index (κ3) is 4.83. The summed E-state index contributed by atoms with van der Waals surface area (Å²) in [7, 11) is 0. The smallest absolute Gasteiger partial charge is 0.128 e. The molecule has 1 aliphatic heterocycles. The molecule has 1 atom stereocenters. The van der Waals surface area contributed by atoms with Gasteiger partial charge in [-0.2, -0.15) is 10.4 Å². The van der Waals surface area contributed by atoms with E-state index < -0.39 is 6.10 Å². The molecule has 0 unspecified atom stereocenters. The minimum atomic E-state index is -0.843. The average molecular weight is 451 g/mol. The fourth-order valence-corrected chi connectivity index (χ4v) is 3.55. The van der Waals surface area contributed by atoms with Gasteiger partial charge < -0.3 is 20.4 Å². The van der Waals surface area contributed by atoms with E-state index in [-0.39, 0.29) is 31.4 Å². The Kier molecular flexibility index (Phi) is 8.41. The van der Waals surface area contributed by atoms with E-state index in [9.17, 15) is 10.4 Å². The SMILES string of the molecule is Cl.Cl.N#Cc1cnn2cc(C[C@@H](O)CO)cc(-c3ccc(N4CCNCC4)nc3)c12. The fourth-order valence-electron chi connectivity index (χ4n) is 3.55. The summed E-state index contributed by atoms with van der Waals surface area (Å²) in [4.78, 5) is 6.87. The van der Waals surface area contributed by atoms with Crippen LogP contribution in [-0.4, -0.2) is 63.7 Å². The number of nitrogens with one attached hydrogen (secondary N) is 1. The van der Waals surface area contributed by atoms with Crippen LogP contribution in [-0.2, 0) is 6.42 Å². The lowest BCUT2D eigenvalue weighted by Crippen LogP contribution is -2.43. The predicted octanol–water partition coefficient (Wildman–Crippen LogP) is 1.42. The molecule has 0 amide bonds. The zero-order valence-electron chi connectivity index (χ0n) is 16.2. The number of anilines is 1. The van der Waals surface area contributed by atoms with Gasteiger partial charge in [-0.05, 0) is 23.8 Å². The molecule has 8 nitrogen and oxygen atoms in total. The van der Waals surface area contributed by atoms with Crippen molar-refractivity contribution < 1.29 is 10.2 Å². The molecule has 0 bridgehead atoms. The second kappa shape index (κ2) is 10.6. The van der Waals surface area contributed by atoms with Crippen LogP contribution in [0.5, 0.6) is 0 Å². The Bertz CT molecular complexity index is 1010. The maximum Gasteiger partial charge on any atom is 0.128 e. The lowest BCUT2D eigenvalue weighted by Gasteiger charge is -2.28. The van der Waals surface area contributed by atoms with Gasteiger partial charge in [0.15, 0.2) is 0 Å². The van der Waals surface area contributed by atoms with Gasteiger partial charge in [0.1, 0.15) is 11.9 Å². The highest BCUT2D eigenvalue weighted by Crippen LogP contribution is 2.29. The highest BCUT2D eigenvalue weighted by atomic mass is 35.5. The topological polar surface area (TPSA) is 110 Å². The normalized spacial score (nSPS) is 14.5. The van der Waals surface area contributed by atoms with Gasteiger partial charge in [-0.1, -0.05) is 0 Å². The zero-order chi connectivity index (χ0) is 19.5. The molecule has 0 saturated carbocycles. The molecule has 0 aromatic carbocycles. The lowest BCUT2D eigenvalue weighted by molar-refractivity contribution is 0.0954. The Balaban J connectivity index is 0.00000160. The summed E-state index contributed by atoms with van der Waals surface area (Å²) in [6, 6.07) is 8.11. The number of aliphatic hydroxyl groups excluding tert-OH is 2. The van der Waals surface area contributed by atoms with Crippen LogP contribution in [0.3, 0.4) is 0 Å². The van der Waals surface area contributed by atoms with Crippen molar-refractivity contribution in [3.05, 3.63) is 47.9 Å². The van der Waals surface area contributed by atoms with Crippen LogP contribution in [0.2, 0.25) is 0 Å². The van der Waals surface area contributed by atoms with Crippen molar-refractivity contribution in [2.75, 3.05) is 37.7 Å². The molecule has 0 aliphatic carbocycles. The van der Waals surface area contributed by atoms with Crippen LogP contribution < -0.4 is 10.2 Å². The number of rotatable bonds is 5. The first-order chi connectivity index (χ1) is 13.7. The van der Waals surface area contributed by atoms with E-state index in [1.165, 1.54) is 6.20 Å². The van der Waals surface area contributed by atoms with Crippen LogP contribution in [0.1, 0.15) is 11.1 Å². The van der Waals surface area contributed by atoms with Crippen molar-refractivity contribution >= 4 is 36.1 Å². The minimum absolute atomic E-state index is 0. The van der Waals surface area contributed by atoms with Crippen molar-refractivity contribution in [1.82, 2.24) is 19.9 Å². The summed E-state index contributed by atoms with van der Waals surface area (Å²) in [5.74, 6) is 0.933. The monoisotopic (exact) mass is 450 g/mol. The first-order valence-corrected chi connectivity index (χ1v) is 9.31. The van der Waals surface area contributed by atoms with Crippen LogP contribution in [0.25, 0.3) is 16.6 Å². The summed E-state index contributed by atoms with van der Waals surface area (Å²) in [5.41, 5.74) is 3.72. The molecule has 3 N–H and O–H groups in total. The summed E-state index contributed by atoms with van der Waals surface area (Å²) < 4.78 is 1.65. The molecule has 3 aromatic heterocycles. The number of nitriles is 1. The first-order valence-electron chi connectivity index (χ1n) is 9.31. The van der Waals surface area contributed by atoms with Crippen molar-refractivity contribution in [3.8, 4) is 17.2 Å². The highest BCUT2D eigenvalue weighted by Gasteiger charge is 2.16. The van der Waals surface area contributed by atoms with E-state index >= 15 is 0 Å². The van der Waals surface area contributed by atoms with E-state index in [2.05, 4.69) is 26.4 Å². The number of hydrogen-bond donors (Lipinski definition) is 3. The third-order valence-corrected chi connectivity index (χ3v) is 4.97. The number of fused-ring (bicyclic) bond motifs is 1. The van der Waals surface area contributed by atoms with Gasteiger partial charge in [-0.15, -0.1) is 24.8 Å². The number of hydrogen-bond acceptors (Lipinski definition) is 7. The number of piperazine rings is 1. The zero-order valence-corrected chi connectivity index (χ0v) is 17.9. The van der Waals surface area contributed by atoms with E-state index in [1.54, 1.807) is 10.7 Å². The van der Waals surface area contributed by atoms with Gasteiger partial charge in [0.2, 0.25) is 0 Å². The molecule has 4 rings (SSSR count). The van der Waals surface area contributed by atoms with Gasteiger partial charge in [0.25, 0.3) is 0 Å². The van der Waals surface area contributed by atoms with Gasteiger partial charge >= 0.3 is 0 Å². The fraction of sp³-hybridized carbons (Fsp3) is 0.350. The molecule has 30 heavy (non-hydrogen) atoms. The van der Waals surface area contributed by atoms with E-state index in [0.29, 0.717) is 17.5 Å². The Morgan fingerprint density at radius 3 is 2.60 bits per heavy atom. The van der Waals surface area contributed by atoms with Gasteiger partial charge in [0.05, 0.1) is 30.0 Å². The second-order valence-corrected chi connectivity index (χ2v) is 6.91. The molecule has 0 spiro atoms. The Morgan fingerprint density at radius 2 is 1.97 bits per heavy atom. The van der Waals surface area contributed by atoms with Crippen molar-refractivity contribution in [3.63, 3.8) is 0 Å². The molecule has 1 aliphatic rings. The maximum atomic E-state index is 9.82. The summed E-state index contributed by atoms with van der Waals surface area (Å²) >= 11 is 0. The third-order valence-electron chi connectivity index (χ3n) is 4.97. The van der Waals surface area contributed by atoms with Crippen molar-refractivity contribution in [1.29, 1.82) is 5.26 Å². The molecule has 10 heteroatoms. The Hall–Kier alpha value is -2.41. The quantitative estimate of drug-likeness (QED) is 0.538. The molecule has 1 saturated heterocycles. The van der Waals surface area contributed by atoms with Crippen molar-refractivity contribution in [2.24, 2.45) is 0 Å². The van der Waals surface area contributed by atoms with E-state index in [1.807, 2.05) is 24.4 Å². The largest absolute Gasteiger partial charge is 0.394 e. The molecule has 4 heterocycles. The first kappa shape index (κ1) is 23.9. The van der Waals surface area contributed by atoms with Crippen LogP contribution in [0, 0.1) is 11.3 Å². The van der Waals surface area contributed by atoms with Crippen LogP contribution in [0.4, 0.5) is 5.82 Å². The van der Waals surface area contributed by atoms with Gasteiger partial charge in [0, 0.05) is 56.1 Å². The van der Waals surface area contributed by atoms with E-state index in [0.717, 1.165) is 48.7 Å². The molecule has 3 aromatic rings. The number of nitrogens with zero attached hydrogens (tertiary/aromatic N) is 5. The van der Waals surface area contributed by atoms with Crippen molar-refractivity contribution in [2.45, 2.75) is 12.5 Å². The van der Waals surface area contributed by atoms with E-state index in [4.69, 9.17) is 5.11 Å². The molecule has 0 radical (unpaired) electrons. The Morgan fingerprint density at radius 1 is 1.20 bits per heavy atom. The molecular formula is C20H24Cl2N6O2. The second-order valence-electron chi connectivity index (χ2n) is 6.91. The highest BCUT2D eigenvalue weighted by molar-refractivity contribution is 5.86. The summed E-state index contributed by atoms with van der Waals surface area (Å²) in [6.45, 7) is 3.43. The average Bonchev–Trinajstić information content (AvgIpc) is 3.17.